The number of esters is 1. The number of benzene rings is 2. The Kier molecular flexibility index (Phi) is 9.73. The first kappa shape index (κ1) is 30.2. The smallest absolute Gasteiger partial charge is 0.338 e. The number of carbonyl (C=O) groups excluding carboxylic acids is 1. The highest BCUT2D eigenvalue weighted by atomic mass is 79.9. The fourth-order valence-corrected chi connectivity index (χ4v) is 6.11. The molecule has 4 rings (SSSR count). The molecule has 41 heavy (non-hydrogen) atoms. The number of halogens is 1. The van der Waals surface area contributed by atoms with Crippen molar-refractivity contribution < 1.29 is 23.7 Å². The van der Waals surface area contributed by atoms with Crippen molar-refractivity contribution in [1.82, 2.24) is 4.57 Å². The van der Waals surface area contributed by atoms with Gasteiger partial charge in [-0.2, -0.15) is 0 Å². The van der Waals surface area contributed by atoms with E-state index in [1.54, 1.807) is 30.6 Å². The minimum absolute atomic E-state index is 0.0841. The third-order valence-electron chi connectivity index (χ3n) is 6.02. The number of hydrogen-bond donors (Lipinski definition) is 0. The van der Waals surface area contributed by atoms with Crippen molar-refractivity contribution in [2.75, 3.05) is 19.8 Å². The van der Waals surface area contributed by atoms with Crippen LogP contribution in [0.2, 0.25) is 0 Å². The van der Waals surface area contributed by atoms with E-state index in [4.69, 9.17) is 25.4 Å². The second kappa shape index (κ2) is 13.2. The van der Waals surface area contributed by atoms with E-state index in [-0.39, 0.29) is 24.9 Å². The first-order valence-electron chi connectivity index (χ1n) is 13.2. The van der Waals surface area contributed by atoms with E-state index in [1.807, 2.05) is 51.1 Å². The van der Waals surface area contributed by atoms with Crippen molar-refractivity contribution in [1.29, 1.82) is 0 Å². The lowest BCUT2D eigenvalue weighted by Gasteiger charge is -2.26. The number of aromatic nitrogens is 1. The molecule has 0 fully saturated rings. The second-order valence-electron chi connectivity index (χ2n) is 9.26. The standard InChI is InChI=1S/C31H31BrN2O6S/c1-7-14-39-28-22(32)15-20(16-24(28)37-8-2)17-25-29(35)34-27(21-12-10-11-13-23(21)40-18(4)5)26(30(36)38-9-3)19(6)33-31(34)41-25/h1,10-13,15-18,27H,8-9,14H2,2-6H3/b25-17+/t27-/m1/s1. The largest absolute Gasteiger partial charge is 0.491 e. The lowest BCUT2D eigenvalue weighted by Crippen LogP contribution is -2.40. The molecule has 0 amide bonds. The molecule has 0 N–H and O–H groups in total. The number of para-hydroxylation sites is 1. The van der Waals surface area contributed by atoms with E-state index in [0.29, 0.717) is 60.1 Å². The second-order valence-corrected chi connectivity index (χ2v) is 11.1. The summed E-state index contributed by atoms with van der Waals surface area (Å²) in [6.45, 7) is 9.90. The molecule has 0 bridgehead atoms. The Morgan fingerprint density at radius 1 is 1.20 bits per heavy atom. The van der Waals surface area contributed by atoms with Crippen LogP contribution in [0.25, 0.3) is 6.08 Å². The number of hydrogen-bond acceptors (Lipinski definition) is 8. The van der Waals surface area contributed by atoms with Gasteiger partial charge in [0.25, 0.3) is 5.56 Å². The summed E-state index contributed by atoms with van der Waals surface area (Å²) in [6.07, 6.45) is 7.01. The Bertz CT molecular complexity index is 1710. The Morgan fingerprint density at radius 3 is 2.63 bits per heavy atom. The normalized spacial score (nSPS) is 14.8. The summed E-state index contributed by atoms with van der Waals surface area (Å²) in [5.74, 6) is 3.48. The molecule has 0 radical (unpaired) electrons. The zero-order valence-corrected chi connectivity index (χ0v) is 25.9. The number of allylic oxidation sites excluding steroid dienone is 1. The highest BCUT2D eigenvalue weighted by Gasteiger charge is 2.35. The third-order valence-corrected chi connectivity index (χ3v) is 7.59. The fraction of sp³-hybridized carbons (Fsp3) is 0.323. The van der Waals surface area contributed by atoms with Crippen LogP contribution in [0.3, 0.4) is 0 Å². The monoisotopic (exact) mass is 638 g/mol. The van der Waals surface area contributed by atoms with Gasteiger partial charge in [-0.05, 0) is 80.4 Å². The predicted molar refractivity (Wildman–Crippen MR) is 162 cm³/mol. The van der Waals surface area contributed by atoms with Gasteiger partial charge in [0.15, 0.2) is 16.3 Å². The van der Waals surface area contributed by atoms with E-state index in [2.05, 4.69) is 26.8 Å². The van der Waals surface area contributed by atoms with Crippen LogP contribution in [0.4, 0.5) is 0 Å². The molecule has 0 unspecified atom stereocenters. The molecule has 0 saturated heterocycles. The molecule has 0 spiro atoms. The van der Waals surface area contributed by atoms with Gasteiger partial charge in [0, 0.05) is 5.56 Å². The molecule has 214 valence electrons. The molecule has 1 atom stereocenters. The summed E-state index contributed by atoms with van der Waals surface area (Å²) >= 11 is 4.77. The van der Waals surface area contributed by atoms with Gasteiger partial charge < -0.3 is 18.9 Å². The summed E-state index contributed by atoms with van der Waals surface area (Å²) in [7, 11) is 0. The average Bonchev–Trinajstić information content (AvgIpc) is 3.22. The van der Waals surface area contributed by atoms with Gasteiger partial charge in [-0.25, -0.2) is 9.79 Å². The fourth-order valence-electron chi connectivity index (χ4n) is 4.49. The zero-order valence-electron chi connectivity index (χ0n) is 23.5. The van der Waals surface area contributed by atoms with Gasteiger partial charge in [0.1, 0.15) is 18.4 Å². The zero-order chi connectivity index (χ0) is 29.7. The van der Waals surface area contributed by atoms with Gasteiger partial charge in [-0.3, -0.25) is 9.36 Å². The van der Waals surface area contributed by atoms with E-state index in [1.165, 1.54) is 11.3 Å². The molecule has 2 heterocycles. The van der Waals surface area contributed by atoms with Crippen molar-refractivity contribution in [2.24, 2.45) is 4.99 Å². The summed E-state index contributed by atoms with van der Waals surface area (Å²) in [6, 6.07) is 10.2. The van der Waals surface area contributed by atoms with Crippen LogP contribution < -0.4 is 29.1 Å². The van der Waals surface area contributed by atoms with Crippen LogP contribution >= 0.6 is 27.3 Å². The topological polar surface area (TPSA) is 88.4 Å². The number of thiazole rings is 1. The highest BCUT2D eigenvalue weighted by Crippen LogP contribution is 2.38. The summed E-state index contributed by atoms with van der Waals surface area (Å²) in [5, 5.41) is 0. The van der Waals surface area contributed by atoms with Crippen LogP contribution in [0.1, 0.15) is 51.8 Å². The number of fused-ring (bicyclic) bond motifs is 1. The maximum absolute atomic E-state index is 14.0. The van der Waals surface area contributed by atoms with Gasteiger partial charge >= 0.3 is 5.97 Å². The van der Waals surface area contributed by atoms with E-state index < -0.39 is 12.0 Å². The molecule has 1 aliphatic rings. The highest BCUT2D eigenvalue weighted by molar-refractivity contribution is 9.10. The van der Waals surface area contributed by atoms with Crippen LogP contribution in [0, 0.1) is 12.3 Å². The quantitative estimate of drug-likeness (QED) is 0.235. The minimum Gasteiger partial charge on any atom is -0.491 e. The Balaban J connectivity index is 1.94. The van der Waals surface area contributed by atoms with Crippen molar-refractivity contribution in [2.45, 2.75) is 46.8 Å². The van der Waals surface area contributed by atoms with Gasteiger partial charge in [0.2, 0.25) is 0 Å². The van der Waals surface area contributed by atoms with Crippen LogP contribution in [-0.2, 0) is 9.53 Å². The number of terminal acetylenes is 1. The van der Waals surface area contributed by atoms with Crippen LogP contribution in [-0.4, -0.2) is 36.5 Å². The molecule has 1 aromatic heterocycles. The maximum atomic E-state index is 14.0. The number of carbonyl (C=O) groups is 1. The van der Waals surface area contributed by atoms with E-state index in [0.717, 1.165) is 0 Å². The van der Waals surface area contributed by atoms with Gasteiger partial charge in [-0.1, -0.05) is 35.5 Å². The van der Waals surface area contributed by atoms with Crippen molar-refractivity contribution >= 4 is 39.3 Å². The lowest BCUT2D eigenvalue weighted by atomic mass is 9.95. The first-order chi connectivity index (χ1) is 19.7. The molecular weight excluding hydrogens is 608 g/mol. The molecule has 1 aliphatic heterocycles. The minimum atomic E-state index is -0.785. The third kappa shape index (κ3) is 6.42. The number of ether oxygens (including phenoxy) is 4. The van der Waals surface area contributed by atoms with Gasteiger partial charge in [0.05, 0.1) is 39.6 Å². The molecule has 2 aromatic carbocycles. The molecule has 3 aromatic rings. The summed E-state index contributed by atoms with van der Waals surface area (Å²) < 4.78 is 25.6. The van der Waals surface area contributed by atoms with Crippen molar-refractivity contribution in [3.05, 3.63) is 83.0 Å². The molecule has 8 nitrogen and oxygen atoms in total. The van der Waals surface area contributed by atoms with Crippen molar-refractivity contribution in [3.63, 3.8) is 0 Å². The van der Waals surface area contributed by atoms with Crippen LogP contribution in [0.5, 0.6) is 17.2 Å². The summed E-state index contributed by atoms with van der Waals surface area (Å²) in [4.78, 5) is 32.4. The van der Waals surface area contributed by atoms with Gasteiger partial charge in [-0.15, -0.1) is 6.42 Å². The van der Waals surface area contributed by atoms with Crippen LogP contribution in [0.15, 0.2) is 61.9 Å². The molecule has 0 aliphatic carbocycles. The SMILES string of the molecule is C#CCOc1c(Br)cc(/C=c2/sc3n(c2=O)[C@H](c2ccccc2OC(C)C)C(C(=O)OCC)=C(C)N=3)cc1OCC. The lowest BCUT2D eigenvalue weighted by molar-refractivity contribution is -0.139. The first-order valence-corrected chi connectivity index (χ1v) is 14.8. The Labute approximate surface area is 251 Å². The number of nitrogens with zero attached hydrogens (tertiary/aromatic N) is 2. The van der Waals surface area contributed by atoms with Crippen molar-refractivity contribution in [3.8, 4) is 29.6 Å². The molecule has 10 heteroatoms. The van der Waals surface area contributed by atoms with E-state index >= 15 is 0 Å². The summed E-state index contributed by atoms with van der Waals surface area (Å²) in [5.41, 5.74) is 1.86. The Hall–Kier alpha value is -3.81. The van der Waals surface area contributed by atoms with E-state index in [9.17, 15) is 9.59 Å². The maximum Gasteiger partial charge on any atom is 0.338 e. The average molecular weight is 640 g/mol. The molecular formula is C31H31BrN2O6S. The Morgan fingerprint density at radius 2 is 1.95 bits per heavy atom. The predicted octanol–water partition coefficient (Wildman–Crippen LogP) is 4.76. The number of rotatable bonds is 10. The molecule has 0 saturated carbocycles.